The number of hydrogen-bond acceptors (Lipinski definition) is 7. The lowest BCUT2D eigenvalue weighted by Crippen LogP contribution is -2.33. The van der Waals surface area contributed by atoms with Crippen molar-refractivity contribution in [2.24, 2.45) is 5.41 Å². The fourth-order valence-electron chi connectivity index (χ4n) is 4.23. The first kappa shape index (κ1) is 22.9. The third-order valence-electron chi connectivity index (χ3n) is 6.35. The molecule has 1 unspecified atom stereocenters. The molecule has 6 heterocycles. The van der Waals surface area contributed by atoms with Gasteiger partial charge in [0.05, 0.1) is 28.8 Å². The Morgan fingerprint density at radius 3 is 2.62 bits per heavy atom. The minimum atomic E-state index is -0.710. The summed E-state index contributed by atoms with van der Waals surface area (Å²) in [6.45, 7) is 7.87. The molecular weight excluding hydrogens is 466 g/mol. The zero-order valence-electron chi connectivity index (χ0n) is 21.0. The molecule has 6 aromatic rings. The van der Waals surface area contributed by atoms with E-state index in [-0.39, 0.29) is 5.41 Å². The molecule has 0 saturated carbocycles. The standard InChI is InChI=1S/C27H27N9O/c1-15-13-36(14-31-15)25-19-9-22(33-21(19)5-6-29-25)23-20-8-17(11-30-24(20)35-34-23)16-7-18(12-28-10-16)32-26(37)27(2,3)4/h5-14,26,32-33,37H,1-4H3,(H,30,34,35). The van der Waals surface area contributed by atoms with Crippen molar-refractivity contribution in [1.29, 1.82) is 0 Å². The third-order valence-corrected chi connectivity index (χ3v) is 6.35. The number of imidazole rings is 1. The maximum absolute atomic E-state index is 10.5. The van der Waals surface area contributed by atoms with E-state index in [1.807, 2.05) is 56.7 Å². The van der Waals surface area contributed by atoms with Crippen LogP contribution >= 0.6 is 0 Å². The predicted molar refractivity (Wildman–Crippen MR) is 143 cm³/mol. The second-order valence-corrected chi connectivity index (χ2v) is 10.3. The molecule has 0 aliphatic rings. The number of nitrogens with one attached hydrogen (secondary N) is 3. The van der Waals surface area contributed by atoms with Crippen molar-refractivity contribution in [1.82, 2.24) is 39.7 Å². The van der Waals surface area contributed by atoms with Crippen molar-refractivity contribution in [2.75, 3.05) is 5.32 Å². The molecular formula is C27H27N9O. The molecule has 10 heteroatoms. The highest BCUT2D eigenvalue weighted by Crippen LogP contribution is 2.32. The summed E-state index contributed by atoms with van der Waals surface area (Å²) in [6.07, 6.45) is 10.1. The van der Waals surface area contributed by atoms with E-state index in [1.165, 1.54) is 0 Å². The predicted octanol–water partition coefficient (Wildman–Crippen LogP) is 4.83. The Kier molecular flexibility index (Phi) is 5.27. The number of aliphatic hydroxyl groups excluding tert-OH is 1. The lowest BCUT2D eigenvalue weighted by atomic mass is 9.94. The van der Waals surface area contributed by atoms with Crippen LogP contribution in [0.15, 0.2) is 61.6 Å². The second-order valence-electron chi connectivity index (χ2n) is 10.3. The number of hydrogen-bond donors (Lipinski definition) is 4. The normalized spacial score (nSPS) is 12.9. The van der Waals surface area contributed by atoms with E-state index in [0.717, 1.165) is 56.0 Å². The molecule has 0 radical (unpaired) electrons. The molecule has 6 aromatic heterocycles. The van der Waals surface area contributed by atoms with Crippen molar-refractivity contribution < 1.29 is 5.11 Å². The number of aromatic amines is 2. The van der Waals surface area contributed by atoms with Crippen molar-refractivity contribution in [2.45, 2.75) is 33.9 Å². The average Bonchev–Trinajstić information content (AvgIpc) is 3.60. The molecule has 0 amide bonds. The van der Waals surface area contributed by atoms with Gasteiger partial charge in [0.1, 0.15) is 24.1 Å². The van der Waals surface area contributed by atoms with Crippen molar-refractivity contribution in [3.8, 4) is 28.3 Å². The topological polar surface area (TPSA) is 133 Å². The van der Waals surface area contributed by atoms with Gasteiger partial charge in [0, 0.05) is 52.1 Å². The summed E-state index contributed by atoms with van der Waals surface area (Å²) < 4.78 is 1.92. The fourth-order valence-corrected chi connectivity index (χ4v) is 4.23. The smallest absolute Gasteiger partial charge is 0.155 e. The maximum Gasteiger partial charge on any atom is 0.155 e. The van der Waals surface area contributed by atoms with Gasteiger partial charge in [0.15, 0.2) is 5.65 Å². The Morgan fingerprint density at radius 1 is 1.00 bits per heavy atom. The van der Waals surface area contributed by atoms with Crippen molar-refractivity contribution in [3.63, 3.8) is 0 Å². The SMILES string of the molecule is Cc1cn(-c2nccc3[nH]c(-c4n[nH]c5ncc(-c6cncc(NC(O)C(C)(C)C)c6)cc45)cc23)cn1. The number of rotatable bonds is 5. The summed E-state index contributed by atoms with van der Waals surface area (Å²) in [7, 11) is 0. The van der Waals surface area contributed by atoms with E-state index >= 15 is 0 Å². The van der Waals surface area contributed by atoms with Crippen LogP contribution in [0.25, 0.3) is 50.3 Å². The summed E-state index contributed by atoms with van der Waals surface area (Å²) in [5, 5.41) is 23.0. The first-order chi connectivity index (χ1) is 17.8. The average molecular weight is 494 g/mol. The number of aromatic nitrogens is 8. The summed E-state index contributed by atoms with van der Waals surface area (Å²) in [5.74, 6) is 0.798. The van der Waals surface area contributed by atoms with Gasteiger partial charge in [0.2, 0.25) is 0 Å². The van der Waals surface area contributed by atoms with E-state index in [9.17, 15) is 5.11 Å². The monoisotopic (exact) mass is 493 g/mol. The first-order valence-corrected chi connectivity index (χ1v) is 12.0. The molecule has 0 aliphatic carbocycles. The lowest BCUT2D eigenvalue weighted by Gasteiger charge is -2.27. The zero-order valence-corrected chi connectivity index (χ0v) is 21.0. The van der Waals surface area contributed by atoms with Crippen LogP contribution in [0.3, 0.4) is 0 Å². The molecule has 0 spiro atoms. The van der Waals surface area contributed by atoms with Gasteiger partial charge in [-0.15, -0.1) is 0 Å². The highest BCUT2D eigenvalue weighted by atomic mass is 16.3. The number of aryl methyl sites for hydroxylation is 1. The number of fused-ring (bicyclic) bond motifs is 2. The van der Waals surface area contributed by atoms with Gasteiger partial charge >= 0.3 is 0 Å². The Morgan fingerprint density at radius 2 is 1.84 bits per heavy atom. The summed E-state index contributed by atoms with van der Waals surface area (Å²) in [6, 6.07) is 8.00. The maximum atomic E-state index is 10.5. The molecule has 0 aliphatic heterocycles. The number of anilines is 1. The first-order valence-electron chi connectivity index (χ1n) is 12.0. The Bertz CT molecular complexity index is 1740. The van der Waals surface area contributed by atoms with Crippen LogP contribution in [0.4, 0.5) is 5.69 Å². The van der Waals surface area contributed by atoms with E-state index in [4.69, 9.17) is 0 Å². The molecule has 0 aromatic carbocycles. The minimum absolute atomic E-state index is 0.312. The second kappa shape index (κ2) is 8.52. The van der Waals surface area contributed by atoms with E-state index in [1.54, 1.807) is 31.1 Å². The molecule has 1 atom stereocenters. The third kappa shape index (κ3) is 4.21. The number of aliphatic hydroxyl groups is 1. The van der Waals surface area contributed by atoms with Crippen LogP contribution < -0.4 is 5.32 Å². The van der Waals surface area contributed by atoms with Crippen LogP contribution in [0.2, 0.25) is 0 Å². The van der Waals surface area contributed by atoms with Crippen LogP contribution in [-0.2, 0) is 0 Å². The molecule has 10 nitrogen and oxygen atoms in total. The van der Waals surface area contributed by atoms with Gasteiger partial charge in [-0.25, -0.2) is 15.0 Å². The molecule has 186 valence electrons. The van der Waals surface area contributed by atoms with Crippen LogP contribution in [0.5, 0.6) is 0 Å². The number of pyridine rings is 3. The van der Waals surface area contributed by atoms with Crippen LogP contribution in [0, 0.1) is 12.3 Å². The number of nitrogens with zero attached hydrogens (tertiary/aromatic N) is 6. The van der Waals surface area contributed by atoms with Crippen molar-refractivity contribution in [3.05, 3.63) is 67.3 Å². The largest absolute Gasteiger partial charge is 0.373 e. The molecule has 37 heavy (non-hydrogen) atoms. The Balaban J connectivity index is 1.39. The van der Waals surface area contributed by atoms with Gasteiger partial charge in [-0.05, 0) is 31.2 Å². The van der Waals surface area contributed by atoms with Gasteiger partial charge < -0.3 is 15.4 Å². The van der Waals surface area contributed by atoms with Gasteiger partial charge in [-0.3, -0.25) is 14.6 Å². The molecule has 4 N–H and O–H groups in total. The Labute approximate surface area is 212 Å². The minimum Gasteiger partial charge on any atom is -0.373 e. The summed E-state index contributed by atoms with van der Waals surface area (Å²) >= 11 is 0. The summed E-state index contributed by atoms with van der Waals surface area (Å²) in [4.78, 5) is 21.4. The lowest BCUT2D eigenvalue weighted by molar-refractivity contribution is 0.0880. The van der Waals surface area contributed by atoms with E-state index < -0.39 is 6.23 Å². The van der Waals surface area contributed by atoms with Crippen LogP contribution in [0.1, 0.15) is 26.5 Å². The highest BCUT2D eigenvalue weighted by Gasteiger charge is 2.22. The quantitative estimate of drug-likeness (QED) is 0.253. The van der Waals surface area contributed by atoms with Gasteiger partial charge in [-0.1, -0.05) is 20.8 Å². The molecule has 0 saturated heterocycles. The van der Waals surface area contributed by atoms with E-state index in [0.29, 0.717) is 5.65 Å². The van der Waals surface area contributed by atoms with Gasteiger partial charge in [0.25, 0.3) is 0 Å². The fraction of sp³-hybridized carbons (Fsp3) is 0.222. The number of H-pyrrole nitrogens is 2. The van der Waals surface area contributed by atoms with Crippen LogP contribution in [-0.4, -0.2) is 51.0 Å². The Hall–Kier alpha value is -4.57. The van der Waals surface area contributed by atoms with Crippen molar-refractivity contribution >= 4 is 27.6 Å². The molecule has 0 fully saturated rings. The highest BCUT2D eigenvalue weighted by molar-refractivity contribution is 5.97. The van der Waals surface area contributed by atoms with Gasteiger partial charge in [-0.2, -0.15) is 5.10 Å². The zero-order chi connectivity index (χ0) is 25.7. The van der Waals surface area contributed by atoms with E-state index in [2.05, 4.69) is 46.5 Å². The molecule has 0 bridgehead atoms. The molecule has 6 rings (SSSR count). The summed E-state index contributed by atoms with van der Waals surface area (Å²) in [5.41, 5.74) is 6.37.